The molecule has 16 heavy (non-hydrogen) atoms. The van der Waals surface area contributed by atoms with E-state index in [4.69, 9.17) is 5.84 Å². The number of rotatable bonds is 4. The summed E-state index contributed by atoms with van der Waals surface area (Å²) in [6, 6.07) is 5.36. The van der Waals surface area contributed by atoms with E-state index < -0.39 is 5.91 Å². The average molecular weight is 225 g/mol. The van der Waals surface area contributed by atoms with Crippen LogP contribution in [0.15, 0.2) is 24.3 Å². The van der Waals surface area contributed by atoms with Crippen molar-refractivity contribution in [1.82, 2.24) is 5.43 Å². The molecular formula is C10H12FN3O2. The highest BCUT2D eigenvalue weighted by Crippen LogP contribution is 2.08. The van der Waals surface area contributed by atoms with Crippen molar-refractivity contribution >= 4 is 17.5 Å². The normalized spacial score (nSPS) is 9.62. The van der Waals surface area contributed by atoms with Gasteiger partial charge in [0, 0.05) is 18.5 Å². The average Bonchev–Trinajstić information content (AvgIpc) is 2.29. The first-order chi connectivity index (χ1) is 7.61. The summed E-state index contributed by atoms with van der Waals surface area (Å²) >= 11 is 0. The van der Waals surface area contributed by atoms with Gasteiger partial charge in [0.15, 0.2) is 0 Å². The van der Waals surface area contributed by atoms with Crippen LogP contribution in [0, 0.1) is 5.82 Å². The van der Waals surface area contributed by atoms with Gasteiger partial charge < -0.3 is 5.32 Å². The Morgan fingerprint density at radius 2 is 1.69 bits per heavy atom. The van der Waals surface area contributed by atoms with E-state index >= 15 is 0 Å². The van der Waals surface area contributed by atoms with E-state index in [-0.39, 0.29) is 24.6 Å². The largest absolute Gasteiger partial charge is 0.326 e. The predicted molar refractivity (Wildman–Crippen MR) is 56.6 cm³/mol. The molecule has 0 bridgehead atoms. The first-order valence-electron chi connectivity index (χ1n) is 4.66. The van der Waals surface area contributed by atoms with E-state index in [1.54, 1.807) is 0 Å². The van der Waals surface area contributed by atoms with E-state index in [1.165, 1.54) is 24.3 Å². The lowest BCUT2D eigenvalue weighted by atomic mass is 10.2. The molecule has 4 N–H and O–H groups in total. The third-order valence-electron chi connectivity index (χ3n) is 1.87. The summed E-state index contributed by atoms with van der Waals surface area (Å²) in [5.74, 6) is 3.75. The summed E-state index contributed by atoms with van der Waals surface area (Å²) in [7, 11) is 0. The molecule has 0 atom stereocenters. The van der Waals surface area contributed by atoms with Crippen molar-refractivity contribution in [3.05, 3.63) is 30.1 Å². The standard InChI is InChI=1S/C10H12FN3O2/c11-7-1-3-8(4-2-7)13-9(15)5-6-10(16)14-12/h1-4H,5-6,12H2,(H,13,15)(H,14,16). The lowest BCUT2D eigenvalue weighted by Gasteiger charge is -2.04. The van der Waals surface area contributed by atoms with Crippen LogP contribution in [0.25, 0.3) is 0 Å². The van der Waals surface area contributed by atoms with E-state index in [1.807, 2.05) is 5.43 Å². The van der Waals surface area contributed by atoms with Crippen LogP contribution in [0.3, 0.4) is 0 Å². The summed E-state index contributed by atoms with van der Waals surface area (Å²) in [4.78, 5) is 22.0. The van der Waals surface area contributed by atoms with E-state index in [9.17, 15) is 14.0 Å². The number of carbonyl (C=O) groups is 2. The SMILES string of the molecule is NNC(=O)CCC(=O)Nc1ccc(F)cc1. The van der Waals surface area contributed by atoms with Gasteiger partial charge in [-0.1, -0.05) is 0 Å². The fourth-order valence-electron chi connectivity index (χ4n) is 1.06. The van der Waals surface area contributed by atoms with Crippen molar-refractivity contribution < 1.29 is 14.0 Å². The second kappa shape index (κ2) is 5.82. The van der Waals surface area contributed by atoms with E-state index in [0.29, 0.717) is 5.69 Å². The van der Waals surface area contributed by atoms with Crippen LogP contribution >= 0.6 is 0 Å². The number of carbonyl (C=O) groups excluding carboxylic acids is 2. The Hall–Kier alpha value is -1.95. The van der Waals surface area contributed by atoms with Gasteiger partial charge in [0.1, 0.15) is 5.82 Å². The molecule has 5 nitrogen and oxygen atoms in total. The highest BCUT2D eigenvalue weighted by atomic mass is 19.1. The van der Waals surface area contributed by atoms with Gasteiger partial charge in [0.05, 0.1) is 0 Å². The first-order valence-corrected chi connectivity index (χ1v) is 4.66. The zero-order valence-corrected chi connectivity index (χ0v) is 8.50. The lowest BCUT2D eigenvalue weighted by Crippen LogP contribution is -2.30. The zero-order chi connectivity index (χ0) is 12.0. The molecule has 0 aliphatic carbocycles. The Balaban J connectivity index is 2.40. The van der Waals surface area contributed by atoms with E-state index in [2.05, 4.69) is 5.32 Å². The Bertz CT molecular complexity index is 378. The maximum Gasteiger partial charge on any atom is 0.234 e. The number of amides is 2. The van der Waals surface area contributed by atoms with Crippen LogP contribution in [-0.2, 0) is 9.59 Å². The molecule has 0 aromatic heterocycles. The molecule has 0 aliphatic heterocycles. The fraction of sp³-hybridized carbons (Fsp3) is 0.200. The molecule has 1 aromatic carbocycles. The Kier molecular flexibility index (Phi) is 4.41. The quantitative estimate of drug-likeness (QED) is 0.397. The molecule has 0 saturated heterocycles. The third-order valence-corrected chi connectivity index (χ3v) is 1.87. The van der Waals surface area contributed by atoms with Crippen molar-refractivity contribution in [2.24, 2.45) is 5.84 Å². The minimum Gasteiger partial charge on any atom is -0.326 e. The molecule has 0 spiro atoms. The first kappa shape index (κ1) is 12.1. The van der Waals surface area contributed by atoms with Crippen LogP contribution in [0.2, 0.25) is 0 Å². The van der Waals surface area contributed by atoms with Crippen molar-refractivity contribution in [2.75, 3.05) is 5.32 Å². The van der Waals surface area contributed by atoms with Crippen molar-refractivity contribution in [3.63, 3.8) is 0 Å². The molecule has 0 heterocycles. The van der Waals surface area contributed by atoms with Crippen molar-refractivity contribution in [2.45, 2.75) is 12.8 Å². The molecule has 1 rings (SSSR count). The maximum absolute atomic E-state index is 12.5. The Morgan fingerprint density at radius 1 is 1.12 bits per heavy atom. The minimum atomic E-state index is -0.408. The molecule has 0 unspecified atom stereocenters. The summed E-state index contributed by atoms with van der Waals surface area (Å²) in [6.07, 6.45) is 0.0456. The molecule has 0 aliphatic rings. The highest BCUT2D eigenvalue weighted by Gasteiger charge is 2.05. The van der Waals surface area contributed by atoms with Gasteiger partial charge in [-0.15, -0.1) is 0 Å². The van der Waals surface area contributed by atoms with Crippen molar-refractivity contribution in [1.29, 1.82) is 0 Å². The van der Waals surface area contributed by atoms with Gasteiger partial charge in [-0.2, -0.15) is 0 Å². The van der Waals surface area contributed by atoms with Gasteiger partial charge in [0.2, 0.25) is 11.8 Å². The number of hydrogen-bond donors (Lipinski definition) is 3. The number of hydrogen-bond acceptors (Lipinski definition) is 3. The lowest BCUT2D eigenvalue weighted by molar-refractivity contribution is -0.124. The van der Waals surface area contributed by atoms with Crippen LogP contribution < -0.4 is 16.6 Å². The molecule has 0 fully saturated rings. The predicted octanol–water partition coefficient (Wildman–Crippen LogP) is 0.534. The molecule has 2 amide bonds. The summed E-state index contributed by atoms with van der Waals surface area (Å²) in [6.45, 7) is 0. The second-order valence-electron chi connectivity index (χ2n) is 3.12. The second-order valence-corrected chi connectivity index (χ2v) is 3.12. The summed E-state index contributed by atoms with van der Waals surface area (Å²) in [5.41, 5.74) is 2.41. The van der Waals surface area contributed by atoms with E-state index in [0.717, 1.165) is 0 Å². The number of hydrazine groups is 1. The summed E-state index contributed by atoms with van der Waals surface area (Å²) in [5, 5.41) is 2.52. The molecule has 1 aromatic rings. The maximum atomic E-state index is 12.5. The Labute approximate surface area is 91.8 Å². The number of nitrogens with one attached hydrogen (secondary N) is 2. The van der Waals surface area contributed by atoms with Crippen LogP contribution in [0.5, 0.6) is 0 Å². The van der Waals surface area contributed by atoms with Gasteiger partial charge in [-0.3, -0.25) is 15.0 Å². The molecule has 0 radical (unpaired) electrons. The molecular weight excluding hydrogens is 213 g/mol. The number of nitrogens with two attached hydrogens (primary N) is 1. The van der Waals surface area contributed by atoms with Crippen LogP contribution in [-0.4, -0.2) is 11.8 Å². The van der Waals surface area contributed by atoms with Crippen LogP contribution in [0.4, 0.5) is 10.1 Å². The third kappa shape index (κ3) is 4.05. The summed E-state index contributed by atoms with van der Waals surface area (Å²) < 4.78 is 12.5. The minimum absolute atomic E-state index is 0.0174. The fourth-order valence-corrected chi connectivity index (χ4v) is 1.06. The topological polar surface area (TPSA) is 84.2 Å². The van der Waals surface area contributed by atoms with Gasteiger partial charge in [0.25, 0.3) is 0 Å². The Morgan fingerprint density at radius 3 is 2.25 bits per heavy atom. The number of halogens is 1. The monoisotopic (exact) mass is 225 g/mol. The number of anilines is 1. The highest BCUT2D eigenvalue weighted by molar-refractivity contribution is 5.93. The van der Waals surface area contributed by atoms with Gasteiger partial charge in [-0.25, -0.2) is 10.2 Å². The molecule has 6 heteroatoms. The zero-order valence-electron chi connectivity index (χ0n) is 8.50. The van der Waals surface area contributed by atoms with Gasteiger partial charge in [-0.05, 0) is 24.3 Å². The van der Waals surface area contributed by atoms with Crippen molar-refractivity contribution in [3.8, 4) is 0 Å². The molecule has 86 valence electrons. The molecule has 0 saturated carbocycles. The van der Waals surface area contributed by atoms with Crippen LogP contribution in [0.1, 0.15) is 12.8 Å². The number of benzene rings is 1. The smallest absolute Gasteiger partial charge is 0.234 e. The van der Waals surface area contributed by atoms with Gasteiger partial charge >= 0.3 is 0 Å².